The van der Waals surface area contributed by atoms with Gasteiger partial charge in [-0.05, 0) is 125 Å². The van der Waals surface area contributed by atoms with Crippen molar-refractivity contribution in [2.24, 2.45) is 0 Å². The van der Waals surface area contributed by atoms with E-state index in [0.29, 0.717) is 0 Å². The van der Waals surface area contributed by atoms with E-state index in [1.807, 2.05) is 0 Å². The van der Waals surface area contributed by atoms with Crippen molar-refractivity contribution < 1.29 is 0 Å². The van der Waals surface area contributed by atoms with E-state index in [9.17, 15) is 0 Å². The van der Waals surface area contributed by atoms with Crippen LogP contribution in [0.25, 0.3) is 55.6 Å². The van der Waals surface area contributed by atoms with Gasteiger partial charge in [-0.2, -0.15) is 0 Å². The van der Waals surface area contributed by atoms with Crippen LogP contribution in [0.1, 0.15) is 47.2 Å². The molecule has 14 rings (SSSR count). The zero-order valence-electron chi connectivity index (χ0n) is 37.5. The Balaban J connectivity index is 1.11. The molecule has 0 radical (unpaired) electrons. The van der Waals surface area contributed by atoms with Crippen LogP contribution in [0.5, 0.6) is 0 Å². The van der Waals surface area contributed by atoms with Gasteiger partial charge >= 0.3 is 6.85 Å². The second-order valence-corrected chi connectivity index (χ2v) is 19.2. The second kappa shape index (κ2) is 14.2. The normalized spacial score (nSPS) is 14.7. The van der Waals surface area contributed by atoms with Crippen molar-refractivity contribution in [3.63, 3.8) is 0 Å². The molecule has 0 atom stereocenters. The summed E-state index contributed by atoms with van der Waals surface area (Å²) in [4.78, 5) is 2.68. The summed E-state index contributed by atoms with van der Waals surface area (Å²) in [6, 6.07) is 86.3. The lowest BCUT2D eigenvalue weighted by molar-refractivity contribution is 0.662. The molecular formula is C64H45BN2. The highest BCUT2D eigenvalue weighted by Gasteiger charge is 2.52. The minimum atomic E-state index is -0.594. The molecule has 67 heavy (non-hydrogen) atoms. The Morgan fingerprint density at radius 3 is 1.55 bits per heavy atom. The largest absolute Gasteiger partial charge is 0.376 e. The predicted molar refractivity (Wildman–Crippen MR) is 281 cm³/mol. The maximum absolute atomic E-state index is 4.32. The molecule has 314 valence electrons. The summed E-state index contributed by atoms with van der Waals surface area (Å²) >= 11 is 0. The van der Waals surface area contributed by atoms with E-state index in [1.165, 1.54) is 111 Å². The van der Waals surface area contributed by atoms with Crippen molar-refractivity contribution in [1.82, 2.24) is 0 Å². The molecule has 0 spiro atoms. The fourth-order valence-electron chi connectivity index (χ4n) is 12.8. The molecule has 10 aromatic rings. The van der Waals surface area contributed by atoms with E-state index < -0.39 is 5.41 Å². The van der Waals surface area contributed by atoms with Gasteiger partial charge in [-0.1, -0.05) is 214 Å². The molecule has 0 unspecified atom stereocenters. The van der Waals surface area contributed by atoms with Gasteiger partial charge in [0.15, 0.2) is 0 Å². The van der Waals surface area contributed by atoms with Crippen LogP contribution in [0, 0.1) is 0 Å². The van der Waals surface area contributed by atoms with Crippen LogP contribution in [0.4, 0.5) is 22.7 Å². The predicted octanol–water partition coefficient (Wildman–Crippen LogP) is 14.7. The first kappa shape index (κ1) is 38.2. The average molecular weight is 853 g/mol. The Morgan fingerprint density at radius 1 is 0.418 bits per heavy atom. The van der Waals surface area contributed by atoms with Gasteiger partial charge in [-0.15, -0.1) is 0 Å². The van der Waals surface area contributed by atoms with Gasteiger partial charge in [-0.3, -0.25) is 0 Å². The first-order chi connectivity index (χ1) is 33.0. The minimum Gasteiger partial charge on any atom is -0.376 e. The average Bonchev–Trinajstić information content (AvgIpc) is 3.82. The Labute approximate surface area is 393 Å². The summed E-state index contributed by atoms with van der Waals surface area (Å²) in [7, 11) is 0. The number of nitrogens with one attached hydrogen (secondary N) is 1. The fraction of sp³-hybridized carbons (Fsp3) is 0.0625. The third-order valence-corrected chi connectivity index (χ3v) is 15.5. The Morgan fingerprint density at radius 2 is 0.925 bits per heavy atom. The monoisotopic (exact) mass is 852 g/mol. The van der Waals surface area contributed by atoms with Crippen LogP contribution < -0.4 is 21.1 Å². The van der Waals surface area contributed by atoms with Gasteiger partial charge in [0, 0.05) is 33.7 Å². The third-order valence-electron chi connectivity index (χ3n) is 15.5. The van der Waals surface area contributed by atoms with Crippen molar-refractivity contribution in [1.29, 1.82) is 0 Å². The summed E-state index contributed by atoms with van der Waals surface area (Å²) in [5, 5.41) is 4.32. The fourth-order valence-corrected chi connectivity index (χ4v) is 12.8. The van der Waals surface area contributed by atoms with Gasteiger partial charge in [0.25, 0.3) is 0 Å². The molecule has 0 bridgehead atoms. The molecule has 0 saturated heterocycles. The van der Waals surface area contributed by atoms with E-state index in [2.05, 4.69) is 254 Å². The highest BCUT2D eigenvalue weighted by Crippen LogP contribution is 2.60. The lowest BCUT2D eigenvalue weighted by Gasteiger charge is -2.46. The van der Waals surface area contributed by atoms with Crippen molar-refractivity contribution in [3.05, 3.63) is 264 Å². The zero-order valence-corrected chi connectivity index (χ0v) is 37.5. The van der Waals surface area contributed by atoms with Crippen LogP contribution in [0.2, 0.25) is 0 Å². The highest BCUT2D eigenvalue weighted by atomic mass is 15.1. The second-order valence-electron chi connectivity index (χ2n) is 19.2. The van der Waals surface area contributed by atoms with Gasteiger partial charge in [0.05, 0.1) is 5.41 Å². The number of hydrogen-bond donors (Lipinski definition) is 1. The lowest BCUT2D eigenvalue weighted by atomic mass is 9.42. The summed E-state index contributed by atoms with van der Waals surface area (Å²) in [6.07, 6.45) is 0. The number of fused-ring (bicyclic) bond motifs is 11. The van der Waals surface area contributed by atoms with Crippen LogP contribution in [0.15, 0.2) is 231 Å². The first-order valence-corrected chi connectivity index (χ1v) is 23.6. The number of para-hydroxylation sites is 2. The van der Waals surface area contributed by atoms with E-state index in [0.717, 1.165) is 11.4 Å². The number of nitrogens with zero attached hydrogens (tertiary/aromatic N) is 1. The van der Waals surface area contributed by atoms with Gasteiger partial charge < -0.3 is 10.1 Å². The van der Waals surface area contributed by atoms with Crippen LogP contribution >= 0.6 is 0 Å². The Kier molecular flexibility index (Phi) is 8.08. The molecular weight excluding hydrogens is 808 g/mol. The first-order valence-electron chi connectivity index (χ1n) is 23.6. The number of rotatable bonds is 5. The standard InChI is InChI=1S/C64H45BN2/c1-63(2)52-31-16-12-29-49(52)51-40-57-61-59(60(51)63)50-30-15-19-36-58(50)67(46-38-43(41-21-6-3-7-22-41)37-44(39-46)42-23-8-4-9-24-42)65(61)56-35-20-34-55(62(56)66-57)64(45-25-10-5-11-26-45)53-32-17-13-27-47(53)48-28-14-18-33-54(48)64/h3-40,66H,1-2H3. The van der Waals surface area contributed by atoms with Crippen molar-refractivity contribution in [2.75, 3.05) is 10.1 Å². The summed E-state index contributed by atoms with van der Waals surface area (Å²) in [5.41, 5.74) is 27.0. The molecule has 2 aliphatic carbocycles. The van der Waals surface area contributed by atoms with Gasteiger partial charge in [0.2, 0.25) is 0 Å². The quantitative estimate of drug-likeness (QED) is 0.174. The summed E-state index contributed by atoms with van der Waals surface area (Å²) in [5.74, 6) is 0. The van der Waals surface area contributed by atoms with Gasteiger partial charge in [-0.25, -0.2) is 0 Å². The lowest BCUT2D eigenvalue weighted by Crippen LogP contribution is -2.61. The molecule has 0 fully saturated rings. The molecule has 10 aromatic carbocycles. The summed E-state index contributed by atoms with van der Waals surface area (Å²) < 4.78 is 0. The molecule has 2 nitrogen and oxygen atoms in total. The number of anilines is 4. The number of hydrogen-bond acceptors (Lipinski definition) is 2. The molecule has 4 aliphatic rings. The molecule has 0 saturated carbocycles. The van der Waals surface area contributed by atoms with E-state index in [4.69, 9.17) is 0 Å². The Bertz CT molecular complexity index is 3550. The van der Waals surface area contributed by atoms with Crippen molar-refractivity contribution in [3.8, 4) is 55.6 Å². The maximum Gasteiger partial charge on any atom is 0.333 e. The molecule has 2 aliphatic heterocycles. The van der Waals surface area contributed by atoms with E-state index >= 15 is 0 Å². The topological polar surface area (TPSA) is 15.3 Å². The molecule has 3 heteroatoms. The molecule has 0 aromatic heterocycles. The summed E-state index contributed by atoms with van der Waals surface area (Å²) in [6.45, 7) is 4.69. The van der Waals surface area contributed by atoms with Crippen LogP contribution in [-0.2, 0) is 10.8 Å². The third kappa shape index (κ3) is 5.23. The Hall–Kier alpha value is -8.14. The van der Waals surface area contributed by atoms with Crippen molar-refractivity contribution in [2.45, 2.75) is 24.7 Å². The highest BCUT2D eigenvalue weighted by molar-refractivity contribution is 6.93. The minimum absolute atomic E-state index is 0.171. The smallest absolute Gasteiger partial charge is 0.333 e. The van der Waals surface area contributed by atoms with Crippen LogP contribution in [-0.4, -0.2) is 6.85 Å². The van der Waals surface area contributed by atoms with Crippen molar-refractivity contribution >= 4 is 40.5 Å². The van der Waals surface area contributed by atoms with E-state index in [1.54, 1.807) is 0 Å². The van der Waals surface area contributed by atoms with Crippen LogP contribution in [0.3, 0.4) is 0 Å². The van der Waals surface area contributed by atoms with Gasteiger partial charge in [0.1, 0.15) is 0 Å². The molecule has 2 heterocycles. The SMILES string of the molecule is CC1(C)c2ccccc2-c2cc3c4c(c21)-c1ccccc1N(c1cc(-c2ccccc2)cc(-c2ccccc2)c1)B4c1cccc(C2(c4ccccc4)c4ccccc4-c4ccccc42)c1N3. The zero-order chi connectivity index (χ0) is 44.4. The van der Waals surface area contributed by atoms with E-state index in [-0.39, 0.29) is 12.3 Å². The number of benzene rings is 10. The molecule has 0 amide bonds. The molecule has 1 N–H and O–H groups in total. The maximum atomic E-state index is 4.32.